The monoisotopic (exact) mass is 277 g/mol. The molecule has 2 N–H and O–H groups in total. The van der Waals surface area contributed by atoms with Crippen LogP contribution >= 0.6 is 0 Å². The molecule has 1 aromatic carbocycles. The van der Waals surface area contributed by atoms with Gasteiger partial charge in [-0.15, -0.1) is 0 Å². The van der Waals surface area contributed by atoms with E-state index in [1.165, 1.54) is 18.2 Å². The van der Waals surface area contributed by atoms with Crippen LogP contribution in [0.1, 0.15) is 31.2 Å². The van der Waals surface area contributed by atoms with Crippen LogP contribution in [-0.2, 0) is 4.79 Å². The first kappa shape index (κ1) is 14.7. The maximum absolute atomic E-state index is 13.4. The van der Waals surface area contributed by atoms with Gasteiger partial charge in [0.15, 0.2) is 0 Å². The Hall–Kier alpha value is -1.68. The number of aliphatic hydroxyl groups excluding tert-OH is 1. The molecule has 1 amide bonds. The lowest BCUT2D eigenvalue weighted by Crippen LogP contribution is -2.37. The second-order valence-electron chi connectivity index (χ2n) is 5.44. The molecule has 2 rings (SSSR count). The molecule has 1 aliphatic carbocycles. The molecule has 0 atom stereocenters. The van der Waals surface area contributed by atoms with Gasteiger partial charge in [0.2, 0.25) is 5.91 Å². The predicted octanol–water partition coefficient (Wildman–Crippen LogP) is 2.51. The maximum Gasteiger partial charge on any atom is 0.244 e. The number of hydrogen-bond acceptors (Lipinski definition) is 2. The molecule has 0 heterocycles. The van der Waals surface area contributed by atoms with Gasteiger partial charge in [0.1, 0.15) is 5.82 Å². The highest BCUT2D eigenvalue weighted by Crippen LogP contribution is 2.36. The summed E-state index contributed by atoms with van der Waals surface area (Å²) in [6, 6.07) is 6.31. The molecular formula is C16H20FNO2. The summed E-state index contributed by atoms with van der Waals surface area (Å²) in [5.74, 6) is -0.604. The molecule has 0 aliphatic heterocycles. The fourth-order valence-electron chi connectivity index (χ4n) is 2.63. The van der Waals surface area contributed by atoms with Crippen molar-refractivity contribution in [3.05, 3.63) is 41.7 Å². The highest BCUT2D eigenvalue weighted by Gasteiger charge is 2.33. The van der Waals surface area contributed by atoms with Crippen LogP contribution < -0.4 is 5.32 Å². The third-order valence-corrected chi connectivity index (χ3v) is 3.96. The van der Waals surface area contributed by atoms with E-state index in [0.717, 1.165) is 25.7 Å². The number of hydrogen-bond donors (Lipinski definition) is 2. The van der Waals surface area contributed by atoms with E-state index in [1.807, 2.05) is 0 Å². The topological polar surface area (TPSA) is 49.3 Å². The van der Waals surface area contributed by atoms with Gasteiger partial charge in [-0.05, 0) is 25.0 Å². The first-order chi connectivity index (χ1) is 9.65. The van der Waals surface area contributed by atoms with Gasteiger partial charge in [-0.25, -0.2) is 4.39 Å². The smallest absolute Gasteiger partial charge is 0.244 e. The molecule has 108 valence electrons. The summed E-state index contributed by atoms with van der Waals surface area (Å²) >= 11 is 0. The van der Waals surface area contributed by atoms with Crippen LogP contribution in [0.25, 0.3) is 6.08 Å². The van der Waals surface area contributed by atoms with Gasteiger partial charge in [-0.2, -0.15) is 0 Å². The molecule has 1 fully saturated rings. The molecule has 1 aliphatic rings. The Labute approximate surface area is 118 Å². The molecule has 0 aromatic heterocycles. The predicted molar refractivity (Wildman–Crippen MR) is 76.4 cm³/mol. The quantitative estimate of drug-likeness (QED) is 0.812. The maximum atomic E-state index is 13.4. The van der Waals surface area contributed by atoms with E-state index in [4.69, 9.17) is 0 Å². The van der Waals surface area contributed by atoms with Crippen molar-refractivity contribution in [3.63, 3.8) is 0 Å². The van der Waals surface area contributed by atoms with Crippen LogP contribution in [0.2, 0.25) is 0 Å². The fraction of sp³-hybridized carbons (Fsp3) is 0.438. The van der Waals surface area contributed by atoms with E-state index in [9.17, 15) is 14.3 Å². The number of carbonyl (C=O) groups is 1. The highest BCUT2D eigenvalue weighted by molar-refractivity contribution is 5.91. The van der Waals surface area contributed by atoms with Crippen LogP contribution in [0.3, 0.4) is 0 Å². The third kappa shape index (κ3) is 3.67. The molecule has 20 heavy (non-hydrogen) atoms. The van der Waals surface area contributed by atoms with E-state index in [1.54, 1.807) is 18.2 Å². The Bertz CT molecular complexity index is 493. The minimum atomic E-state index is -0.348. The van der Waals surface area contributed by atoms with Crippen LogP contribution in [0, 0.1) is 11.2 Å². The molecule has 0 saturated heterocycles. The van der Waals surface area contributed by atoms with Gasteiger partial charge in [-0.1, -0.05) is 31.0 Å². The molecule has 3 nitrogen and oxygen atoms in total. The van der Waals surface area contributed by atoms with Crippen molar-refractivity contribution in [3.8, 4) is 0 Å². The number of halogens is 1. The summed E-state index contributed by atoms with van der Waals surface area (Å²) in [4.78, 5) is 11.7. The van der Waals surface area contributed by atoms with Gasteiger partial charge in [0.05, 0.1) is 6.61 Å². The molecule has 0 unspecified atom stereocenters. The molecular weight excluding hydrogens is 257 g/mol. The van der Waals surface area contributed by atoms with E-state index in [2.05, 4.69) is 5.32 Å². The fourth-order valence-corrected chi connectivity index (χ4v) is 2.63. The number of carbonyl (C=O) groups excluding carboxylic acids is 1. The standard InChI is InChI=1S/C16H20FNO2/c17-14-6-2-1-5-13(14)7-8-15(20)18-11-16(12-19)9-3-4-10-16/h1-2,5-8,19H,3-4,9-12H2,(H,18,20)/b8-7+. The largest absolute Gasteiger partial charge is 0.396 e. The molecule has 0 bridgehead atoms. The first-order valence-electron chi connectivity index (χ1n) is 6.97. The zero-order valence-electron chi connectivity index (χ0n) is 11.4. The summed E-state index contributed by atoms with van der Waals surface area (Å²) in [6.07, 6.45) is 6.88. The number of amides is 1. The van der Waals surface area contributed by atoms with Gasteiger partial charge in [0.25, 0.3) is 0 Å². The van der Waals surface area contributed by atoms with Crippen molar-refractivity contribution >= 4 is 12.0 Å². The van der Waals surface area contributed by atoms with E-state index in [0.29, 0.717) is 12.1 Å². The highest BCUT2D eigenvalue weighted by atomic mass is 19.1. The third-order valence-electron chi connectivity index (χ3n) is 3.96. The van der Waals surface area contributed by atoms with Crippen LogP contribution in [0.15, 0.2) is 30.3 Å². The van der Waals surface area contributed by atoms with Gasteiger partial charge in [-0.3, -0.25) is 4.79 Å². The van der Waals surface area contributed by atoms with Crippen molar-refractivity contribution in [2.45, 2.75) is 25.7 Å². The lowest BCUT2D eigenvalue weighted by Gasteiger charge is -2.26. The minimum absolute atomic E-state index is 0.101. The zero-order valence-corrected chi connectivity index (χ0v) is 11.4. The number of benzene rings is 1. The summed E-state index contributed by atoms with van der Waals surface area (Å²) in [6.45, 7) is 0.578. The number of aliphatic hydroxyl groups is 1. The zero-order chi connectivity index (χ0) is 14.4. The van der Waals surface area contributed by atoms with Crippen LogP contribution in [0.4, 0.5) is 4.39 Å². The Morgan fingerprint density at radius 2 is 2.05 bits per heavy atom. The Morgan fingerprint density at radius 3 is 2.70 bits per heavy atom. The second kappa shape index (κ2) is 6.66. The SMILES string of the molecule is O=C(/C=C/c1ccccc1F)NCC1(CO)CCCC1. The van der Waals surface area contributed by atoms with Gasteiger partial charge >= 0.3 is 0 Å². The number of rotatable bonds is 5. The normalized spacial score (nSPS) is 17.5. The molecule has 1 saturated carbocycles. The van der Waals surface area contributed by atoms with Crippen LogP contribution in [-0.4, -0.2) is 24.2 Å². The Kier molecular flexibility index (Phi) is 4.90. The van der Waals surface area contributed by atoms with Crippen LogP contribution in [0.5, 0.6) is 0 Å². The Balaban J connectivity index is 1.88. The average molecular weight is 277 g/mol. The average Bonchev–Trinajstić information content (AvgIpc) is 2.94. The number of nitrogens with one attached hydrogen (secondary N) is 1. The molecule has 4 heteroatoms. The summed E-state index contributed by atoms with van der Waals surface area (Å²) < 4.78 is 13.4. The van der Waals surface area contributed by atoms with Crippen molar-refractivity contribution in [1.82, 2.24) is 5.32 Å². The van der Waals surface area contributed by atoms with Crippen molar-refractivity contribution in [1.29, 1.82) is 0 Å². The molecule has 0 spiro atoms. The van der Waals surface area contributed by atoms with Crippen molar-refractivity contribution in [2.24, 2.45) is 5.41 Å². The minimum Gasteiger partial charge on any atom is -0.396 e. The summed E-state index contributed by atoms with van der Waals surface area (Å²) in [7, 11) is 0. The Morgan fingerprint density at radius 1 is 1.35 bits per heavy atom. The van der Waals surface area contributed by atoms with Gasteiger partial charge in [0, 0.05) is 23.6 Å². The summed E-state index contributed by atoms with van der Waals surface area (Å²) in [5, 5.41) is 12.3. The lowest BCUT2D eigenvalue weighted by atomic mass is 9.87. The van der Waals surface area contributed by atoms with E-state index >= 15 is 0 Å². The van der Waals surface area contributed by atoms with E-state index < -0.39 is 0 Å². The van der Waals surface area contributed by atoms with E-state index in [-0.39, 0.29) is 23.7 Å². The van der Waals surface area contributed by atoms with Crippen molar-refractivity contribution < 1.29 is 14.3 Å². The van der Waals surface area contributed by atoms with Crippen molar-refractivity contribution in [2.75, 3.05) is 13.2 Å². The van der Waals surface area contributed by atoms with Gasteiger partial charge < -0.3 is 10.4 Å². The first-order valence-corrected chi connectivity index (χ1v) is 6.97. The molecule has 1 aromatic rings. The molecule has 0 radical (unpaired) electrons. The second-order valence-corrected chi connectivity index (χ2v) is 5.44. The summed E-state index contributed by atoms with van der Waals surface area (Å²) in [5.41, 5.74) is 0.224. The lowest BCUT2D eigenvalue weighted by molar-refractivity contribution is -0.117.